The molecular weight excluding hydrogens is 326 g/mol. The van der Waals surface area contributed by atoms with Crippen LogP contribution >= 0.6 is 0 Å². The van der Waals surface area contributed by atoms with Crippen molar-refractivity contribution in [1.29, 1.82) is 0 Å². The Labute approximate surface area is 153 Å². The number of hydrogen-bond donors (Lipinski definition) is 0. The van der Waals surface area contributed by atoms with Gasteiger partial charge in [0.2, 0.25) is 0 Å². The maximum atomic E-state index is 13.1. The zero-order chi connectivity index (χ0) is 18.3. The van der Waals surface area contributed by atoms with E-state index in [-0.39, 0.29) is 5.91 Å². The van der Waals surface area contributed by atoms with Gasteiger partial charge in [-0.15, -0.1) is 0 Å². The summed E-state index contributed by atoms with van der Waals surface area (Å²) in [4.78, 5) is 17.4. The molecule has 0 unspecified atom stereocenters. The average molecular weight is 351 g/mol. The molecule has 0 radical (unpaired) electrons. The number of aromatic nitrogens is 3. The van der Waals surface area contributed by atoms with Crippen LogP contribution in [-0.2, 0) is 0 Å². The van der Waals surface area contributed by atoms with Gasteiger partial charge in [-0.3, -0.25) is 9.48 Å². The van der Waals surface area contributed by atoms with Crippen molar-refractivity contribution in [3.05, 3.63) is 48.3 Å². The van der Waals surface area contributed by atoms with Crippen molar-refractivity contribution in [2.24, 2.45) is 0 Å². The SMILES string of the molecule is CC(C)n1ccc(-c2cc(C(=O)N3CCN(C)CC3)c3ccccn23)n1. The van der Waals surface area contributed by atoms with Gasteiger partial charge in [0.1, 0.15) is 5.69 Å². The van der Waals surface area contributed by atoms with E-state index in [1.807, 2.05) is 52.3 Å². The Morgan fingerprint density at radius 1 is 1.08 bits per heavy atom. The second-order valence-electron chi connectivity index (χ2n) is 7.27. The quantitative estimate of drug-likeness (QED) is 0.729. The van der Waals surface area contributed by atoms with Crippen molar-refractivity contribution < 1.29 is 4.79 Å². The molecule has 0 saturated carbocycles. The third kappa shape index (κ3) is 2.90. The molecule has 4 heterocycles. The van der Waals surface area contributed by atoms with Crippen LogP contribution in [0.5, 0.6) is 0 Å². The highest BCUT2D eigenvalue weighted by atomic mass is 16.2. The van der Waals surface area contributed by atoms with E-state index in [1.54, 1.807) is 0 Å². The summed E-state index contributed by atoms with van der Waals surface area (Å²) in [5, 5.41) is 4.69. The lowest BCUT2D eigenvalue weighted by Crippen LogP contribution is -2.47. The molecular formula is C20H25N5O. The molecule has 1 fully saturated rings. The van der Waals surface area contributed by atoms with Crippen LogP contribution in [0.3, 0.4) is 0 Å². The molecule has 1 saturated heterocycles. The van der Waals surface area contributed by atoms with Crippen molar-refractivity contribution in [2.75, 3.05) is 33.2 Å². The standard InChI is InChI=1S/C20H25N5O/c1-15(2)25-9-7-17(21-25)19-14-16(18-6-4-5-8-24(18)19)20(26)23-12-10-22(3)11-13-23/h4-9,14-15H,10-13H2,1-3H3. The van der Waals surface area contributed by atoms with Crippen LogP contribution in [0.4, 0.5) is 0 Å². The minimum atomic E-state index is 0.108. The van der Waals surface area contributed by atoms with Crippen LogP contribution in [0, 0.1) is 0 Å². The predicted octanol–water partition coefficient (Wildman–Crippen LogP) is 2.77. The fourth-order valence-corrected chi connectivity index (χ4v) is 3.46. The van der Waals surface area contributed by atoms with Gasteiger partial charge in [-0.05, 0) is 45.2 Å². The van der Waals surface area contributed by atoms with Gasteiger partial charge in [0.25, 0.3) is 5.91 Å². The Kier molecular flexibility index (Phi) is 4.28. The lowest BCUT2D eigenvalue weighted by molar-refractivity contribution is 0.0666. The Hall–Kier alpha value is -2.60. The third-order valence-electron chi connectivity index (χ3n) is 5.10. The lowest BCUT2D eigenvalue weighted by Gasteiger charge is -2.32. The summed E-state index contributed by atoms with van der Waals surface area (Å²) in [5.74, 6) is 0.108. The van der Waals surface area contributed by atoms with Crippen molar-refractivity contribution in [1.82, 2.24) is 24.0 Å². The van der Waals surface area contributed by atoms with E-state index in [4.69, 9.17) is 0 Å². The zero-order valence-corrected chi connectivity index (χ0v) is 15.6. The van der Waals surface area contributed by atoms with Crippen molar-refractivity contribution >= 4 is 11.4 Å². The number of amides is 1. The minimum absolute atomic E-state index is 0.108. The minimum Gasteiger partial charge on any atom is -0.336 e. The van der Waals surface area contributed by atoms with Crippen LogP contribution in [0.2, 0.25) is 0 Å². The molecule has 4 rings (SSSR count). The Balaban J connectivity index is 1.75. The van der Waals surface area contributed by atoms with E-state index in [1.165, 1.54) is 0 Å². The van der Waals surface area contributed by atoms with Gasteiger partial charge in [0.15, 0.2) is 0 Å². The monoisotopic (exact) mass is 351 g/mol. The van der Waals surface area contributed by atoms with E-state index in [0.29, 0.717) is 6.04 Å². The first kappa shape index (κ1) is 16.8. The number of piperazine rings is 1. The van der Waals surface area contributed by atoms with Gasteiger partial charge in [-0.2, -0.15) is 5.10 Å². The number of pyridine rings is 1. The van der Waals surface area contributed by atoms with E-state index in [9.17, 15) is 4.79 Å². The highest BCUT2D eigenvalue weighted by Gasteiger charge is 2.24. The Morgan fingerprint density at radius 2 is 1.85 bits per heavy atom. The summed E-state index contributed by atoms with van der Waals surface area (Å²) in [7, 11) is 2.10. The topological polar surface area (TPSA) is 45.8 Å². The molecule has 3 aromatic heterocycles. The molecule has 6 heteroatoms. The first-order valence-electron chi connectivity index (χ1n) is 9.18. The van der Waals surface area contributed by atoms with Crippen molar-refractivity contribution in [3.63, 3.8) is 0 Å². The summed E-state index contributed by atoms with van der Waals surface area (Å²) in [6.07, 6.45) is 3.99. The van der Waals surface area contributed by atoms with E-state index < -0.39 is 0 Å². The van der Waals surface area contributed by atoms with E-state index in [2.05, 4.69) is 35.3 Å². The molecule has 0 spiro atoms. The van der Waals surface area contributed by atoms with Gasteiger partial charge < -0.3 is 14.2 Å². The van der Waals surface area contributed by atoms with Gasteiger partial charge in [-0.25, -0.2) is 0 Å². The van der Waals surface area contributed by atoms with Gasteiger partial charge in [0.05, 0.1) is 16.8 Å². The van der Waals surface area contributed by atoms with E-state index in [0.717, 1.165) is 48.6 Å². The number of carbonyl (C=O) groups is 1. The fraction of sp³-hybridized carbons (Fsp3) is 0.400. The number of nitrogens with zero attached hydrogens (tertiary/aromatic N) is 5. The second-order valence-corrected chi connectivity index (χ2v) is 7.27. The predicted molar refractivity (Wildman–Crippen MR) is 102 cm³/mol. The molecule has 6 nitrogen and oxygen atoms in total. The summed E-state index contributed by atoms with van der Waals surface area (Å²) < 4.78 is 4.01. The zero-order valence-electron chi connectivity index (χ0n) is 15.6. The largest absolute Gasteiger partial charge is 0.336 e. The van der Waals surface area contributed by atoms with Gasteiger partial charge in [0, 0.05) is 44.6 Å². The molecule has 1 amide bonds. The highest BCUT2D eigenvalue weighted by Crippen LogP contribution is 2.27. The summed E-state index contributed by atoms with van der Waals surface area (Å²) in [6.45, 7) is 7.60. The molecule has 0 bridgehead atoms. The smallest absolute Gasteiger partial charge is 0.256 e. The molecule has 0 aliphatic carbocycles. The summed E-state index contributed by atoms with van der Waals surface area (Å²) in [5.41, 5.74) is 3.53. The summed E-state index contributed by atoms with van der Waals surface area (Å²) in [6, 6.07) is 10.3. The van der Waals surface area contributed by atoms with Gasteiger partial charge >= 0.3 is 0 Å². The van der Waals surface area contributed by atoms with Crippen LogP contribution in [-0.4, -0.2) is 63.1 Å². The maximum Gasteiger partial charge on any atom is 0.256 e. The highest BCUT2D eigenvalue weighted by molar-refractivity contribution is 6.02. The van der Waals surface area contributed by atoms with E-state index >= 15 is 0 Å². The fourth-order valence-electron chi connectivity index (χ4n) is 3.46. The van der Waals surface area contributed by atoms with Crippen LogP contribution in [0.15, 0.2) is 42.7 Å². The molecule has 1 aliphatic heterocycles. The van der Waals surface area contributed by atoms with Crippen LogP contribution in [0.1, 0.15) is 30.2 Å². The maximum absolute atomic E-state index is 13.1. The molecule has 0 atom stereocenters. The van der Waals surface area contributed by atoms with Crippen molar-refractivity contribution in [3.8, 4) is 11.4 Å². The second kappa shape index (κ2) is 6.61. The molecule has 3 aromatic rings. The number of rotatable bonds is 3. The molecule has 26 heavy (non-hydrogen) atoms. The van der Waals surface area contributed by atoms with Gasteiger partial charge in [-0.1, -0.05) is 6.07 Å². The van der Waals surface area contributed by atoms with Crippen LogP contribution in [0.25, 0.3) is 16.9 Å². The molecule has 0 aromatic carbocycles. The molecule has 0 N–H and O–H groups in total. The normalized spacial score (nSPS) is 15.9. The first-order chi connectivity index (χ1) is 12.5. The molecule has 136 valence electrons. The number of fused-ring (bicyclic) bond motifs is 1. The Bertz CT molecular complexity index is 931. The Morgan fingerprint density at radius 3 is 2.54 bits per heavy atom. The number of carbonyl (C=O) groups excluding carboxylic acids is 1. The summed E-state index contributed by atoms with van der Waals surface area (Å²) >= 11 is 0. The van der Waals surface area contributed by atoms with Crippen molar-refractivity contribution in [2.45, 2.75) is 19.9 Å². The number of hydrogen-bond acceptors (Lipinski definition) is 3. The average Bonchev–Trinajstić information content (AvgIpc) is 3.27. The first-order valence-corrected chi connectivity index (χ1v) is 9.18. The lowest BCUT2D eigenvalue weighted by atomic mass is 10.2. The van der Waals surface area contributed by atoms with Crippen LogP contribution < -0.4 is 0 Å². The number of likely N-dealkylation sites (N-methyl/N-ethyl adjacent to an activating group) is 1. The third-order valence-corrected chi connectivity index (χ3v) is 5.10. The molecule has 1 aliphatic rings.